The van der Waals surface area contributed by atoms with Crippen molar-refractivity contribution in [3.05, 3.63) is 0 Å². The molecule has 1 heterocycles. The Bertz CT molecular complexity index is 117. The number of ether oxygens (including phenoxy) is 1. The van der Waals surface area contributed by atoms with E-state index in [2.05, 4.69) is 4.74 Å². The van der Waals surface area contributed by atoms with Crippen LogP contribution in [0.15, 0.2) is 0 Å². The Kier molecular flexibility index (Phi) is 1.01. The van der Waals surface area contributed by atoms with E-state index in [1.165, 1.54) is 0 Å². The average molecular weight is 116 g/mol. The normalized spacial score (nSPS) is 36.0. The van der Waals surface area contributed by atoms with Crippen LogP contribution in [0.4, 0.5) is 0 Å². The maximum absolute atomic E-state index is 10.3. The molecule has 1 fully saturated rings. The number of hydrogen-bond donors (Lipinski definition) is 1. The van der Waals surface area contributed by atoms with Gasteiger partial charge in [-0.15, -0.1) is 0 Å². The van der Waals surface area contributed by atoms with Gasteiger partial charge >= 0.3 is 5.97 Å². The summed E-state index contributed by atoms with van der Waals surface area (Å²) in [5, 5.41) is 9.01. The standard InChI is InChI=1S/C5H8O3/c1-2-5(7)3-8-4(5)6/h7H,2-3H2,1H3. The molecule has 1 atom stereocenters. The van der Waals surface area contributed by atoms with Crippen LogP contribution in [-0.4, -0.2) is 23.3 Å². The minimum Gasteiger partial charge on any atom is -0.460 e. The van der Waals surface area contributed by atoms with Gasteiger partial charge < -0.3 is 9.84 Å². The predicted octanol–water partition coefficient (Wildman–Crippen LogP) is -0.316. The van der Waals surface area contributed by atoms with Crippen molar-refractivity contribution in [2.75, 3.05) is 6.61 Å². The second-order valence-corrected chi connectivity index (χ2v) is 1.96. The Labute approximate surface area is 47.3 Å². The van der Waals surface area contributed by atoms with E-state index >= 15 is 0 Å². The van der Waals surface area contributed by atoms with Gasteiger partial charge in [-0.2, -0.15) is 0 Å². The summed E-state index contributed by atoms with van der Waals surface area (Å²) in [4.78, 5) is 10.3. The van der Waals surface area contributed by atoms with Crippen LogP contribution in [0.5, 0.6) is 0 Å². The first-order chi connectivity index (χ1) is 3.69. The zero-order valence-corrected chi connectivity index (χ0v) is 4.68. The smallest absolute Gasteiger partial charge is 0.341 e. The number of rotatable bonds is 1. The van der Waals surface area contributed by atoms with E-state index in [1.54, 1.807) is 6.92 Å². The molecule has 0 radical (unpaired) electrons. The third kappa shape index (κ3) is 0.512. The van der Waals surface area contributed by atoms with Crippen LogP contribution in [0.25, 0.3) is 0 Å². The van der Waals surface area contributed by atoms with Crippen molar-refractivity contribution in [3.8, 4) is 0 Å². The second-order valence-electron chi connectivity index (χ2n) is 1.96. The van der Waals surface area contributed by atoms with Gasteiger partial charge in [0.1, 0.15) is 6.61 Å². The van der Waals surface area contributed by atoms with Gasteiger partial charge in [0.05, 0.1) is 0 Å². The summed E-state index contributed by atoms with van der Waals surface area (Å²) < 4.78 is 4.35. The summed E-state index contributed by atoms with van der Waals surface area (Å²) in [6.07, 6.45) is 0.450. The molecule has 0 saturated carbocycles. The maximum Gasteiger partial charge on any atom is 0.341 e. The van der Waals surface area contributed by atoms with Crippen molar-refractivity contribution in [1.82, 2.24) is 0 Å². The third-order valence-electron chi connectivity index (χ3n) is 1.41. The highest BCUT2D eigenvalue weighted by Gasteiger charge is 2.45. The Morgan fingerprint density at radius 3 is 2.62 bits per heavy atom. The molecular formula is C5H8O3. The molecule has 8 heavy (non-hydrogen) atoms. The Morgan fingerprint density at radius 2 is 2.62 bits per heavy atom. The second kappa shape index (κ2) is 1.45. The zero-order chi connectivity index (χ0) is 6.20. The fourth-order valence-electron chi connectivity index (χ4n) is 0.544. The van der Waals surface area contributed by atoms with Crippen LogP contribution in [0, 0.1) is 0 Å². The molecule has 1 N–H and O–H groups in total. The minimum atomic E-state index is -1.14. The van der Waals surface area contributed by atoms with Crippen molar-refractivity contribution >= 4 is 5.97 Å². The van der Waals surface area contributed by atoms with Crippen LogP contribution in [0.3, 0.4) is 0 Å². The number of esters is 1. The lowest BCUT2D eigenvalue weighted by molar-refractivity contribution is -0.203. The van der Waals surface area contributed by atoms with E-state index in [4.69, 9.17) is 5.11 Å². The van der Waals surface area contributed by atoms with Crippen LogP contribution in [0.2, 0.25) is 0 Å². The number of hydrogen-bond acceptors (Lipinski definition) is 3. The molecule has 0 amide bonds. The van der Waals surface area contributed by atoms with E-state index in [-0.39, 0.29) is 6.61 Å². The summed E-state index contributed by atoms with van der Waals surface area (Å²) in [6.45, 7) is 1.92. The van der Waals surface area contributed by atoms with Gasteiger partial charge in [0, 0.05) is 0 Å². The lowest BCUT2D eigenvalue weighted by Crippen LogP contribution is -2.54. The average Bonchev–Trinajstić information content (AvgIpc) is 1.83. The highest BCUT2D eigenvalue weighted by atomic mass is 16.6. The molecule has 3 heteroatoms. The van der Waals surface area contributed by atoms with Crippen molar-refractivity contribution in [2.45, 2.75) is 18.9 Å². The summed E-state index contributed by atoms with van der Waals surface area (Å²) in [6, 6.07) is 0. The first-order valence-corrected chi connectivity index (χ1v) is 2.58. The molecule has 0 aliphatic carbocycles. The zero-order valence-electron chi connectivity index (χ0n) is 4.68. The molecule has 1 unspecified atom stereocenters. The van der Waals surface area contributed by atoms with Crippen LogP contribution < -0.4 is 0 Å². The van der Waals surface area contributed by atoms with Gasteiger partial charge in [-0.3, -0.25) is 0 Å². The Hall–Kier alpha value is -0.570. The molecule has 3 nitrogen and oxygen atoms in total. The van der Waals surface area contributed by atoms with E-state index < -0.39 is 11.6 Å². The quantitative estimate of drug-likeness (QED) is 0.478. The van der Waals surface area contributed by atoms with Gasteiger partial charge in [-0.25, -0.2) is 4.79 Å². The molecule has 1 aliphatic rings. The molecular weight excluding hydrogens is 108 g/mol. The van der Waals surface area contributed by atoms with Gasteiger partial charge in [0.25, 0.3) is 0 Å². The van der Waals surface area contributed by atoms with Crippen molar-refractivity contribution in [2.24, 2.45) is 0 Å². The van der Waals surface area contributed by atoms with Crippen molar-refractivity contribution in [1.29, 1.82) is 0 Å². The van der Waals surface area contributed by atoms with Crippen molar-refractivity contribution < 1.29 is 14.6 Å². The molecule has 1 rings (SSSR count). The highest BCUT2D eigenvalue weighted by molar-refractivity contribution is 5.84. The number of carbonyl (C=O) groups excluding carboxylic acids is 1. The molecule has 0 aromatic heterocycles. The Morgan fingerprint density at radius 1 is 2.00 bits per heavy atom. The third-order valence-corrected chi connectivity index (χ3v) is 1.41. The van der Waals surface area contributed by atoms with E-state index in [9.17, 15) is 4.79 Å². The van der Waals surface area contributed by atoms with E-state index in [1.807, 2.05) is 0 Å². The molecule has 46 valence electrons. The minimum absolute atomic E-state index is 0.169. The predicted molar refractivity (Wildman–Crippen MR) is 26.2 cm³/mol. The lowest BCUT2D eigenvalue weighted by Gasteiger charge is -2.32. The SMILES string of the molecule is CCC1(O)COC1=O. The monoisotopic (exact) mass is 116 g/mol. The van der Waals surface area contributed by atoms with Crippen LogP contribution >= 0.6 is 0 Å². The topological polar surface area (TPSA) is 46.5 Å². The molecule has 1 saturated heterocycles. The van der Waals surface area contributed by atoms with Gasteiger partial charge in [-0.1, -0.05) is 6.92 Å². The van der Waals surface area contributed by atoms with E-state index in [0.29, 0.717) is 6.42 Å². The summed E-state index contributed by atoms with van der Waals surface area (Å²) in [7, 11) is 0. The first-order valence-electron chi connectivity index (χ1n) is 2.58. The Balaban J connectivity index is 2.55. The number of cyclic esters (lactones) is 1. The highest BCUT2D eigenvalue weighted by Crippen LogP contribution is 2.21. The first kappa shape index (κ1) is 5.56. The fourth-order valence-corrected chi connectivity index (χ4v) is 0.544. The fraction of sp³-hybridized carbons (Fsp3) is 0.800. The number of aliphatic hydroxyl groups is 1. The molecule has 0 aromatic rings. The molecule has 1 aliphatic heterocycles. The van der Waals surface area contributed by atoms with Crippen LogP contribution in [0.1, 0.15) is 13.3 Å². The van der Waals surface area contributed by atoms with Gasteiger partial charge in [0.2, 0.25) is 0 Å². The van der Waals surface area contributed by atoms with Crippen LogP contribution in [-0.2, 0) is 9.53 Å². The molecule has 0 spiro atoms. The molecule has 0 aromatic carbocycles. The summed E-state index contributed by atoms with van der Waals surface area (Å²) in [5.41, 5.74) is -1.14. The maximum atomic E-state index is 10.3. The van der Waals surface area contributed by atoms with Gasteiger partial charge in [-0.05, 0) is 6.42 Å². The van der Waals surface area contributed by atoms with Crippen molar-refractivity contribution in [3.63, 3.8) is 0 Å². The van der Waals surface area contributed by atoms with Gasteiger partial charge in [0.15, 0.2) is 5.60 Å². The largest absolute Gasteiger partial charge is 0.460 e. The number of carbonyl (C=O) groups is 1. The van der Waals surface area contributed by atoms with E-state index in [0.717, 1.165) is 0 Å². The molecule has 0 bridgehead atoms. The lowest BCUT2D eigenvalue weighted by atomic mass is 9.98. The summed E-state index contributed by atoms with van der Waals surface area (Å²) >= 11 is 0. The summed E-state index contributed by atoms with van der Waals surface area (Å²) in [5.74, 6) is -0.486.